The van der Waals surface area contributed by atoms with Crippen molar-refractivity contribution in [3.63, 3.8) is 0 Å². The van der Waals surface area contributed by atoms with Crippen LogP contribution in [0.15, 0.2) is 57.1 Å². The molecule has 2 aliphatic rings. The minimum absolute atomic E-state index is 0.0290. The molecule has 0 saturated heterocycles. The van der Waals surface area contributed by atoms with Crippen LogP contribution in [0.4, 0.5) is 0 Å². The Morgan fingerprint density at radius 2 is 1.74 bits per heavy atom. The molecule has 0 amide bonds. The molecular weight excluding hydrogens is 582 g/mol. The van der Waals surface area contributed by atoms with Crippen molar-refractivity contribution >= 4 is 45.2 Å². The van der Waals surface area contributed by atoms with Gasteiger partial charge in [-0.1, -0.05) is 28.9 Å². The maximum Gasteiger partial charge on any atom is 0.315 e. The van der Waals surface area contributed by atoms with Crippen LogP contribution >= 0.6 is 27.7 Å². The van der Waals surface area contributed by atoms with Crippen molar-refractivity contribution in [3.05, 3.63) is 63.3 Å². The first-order valence-electron chi connectivity index (χ1n) is 12.9. The predicted octanol–water partition coefficient (Wildman–Crippen LogP) is 6.35. The number of carbonyl (C=O) groups is 2. The molecule has 2 aromatic carbocycles. The number of hydrogen-bond donors (Lipinski definition) is 0. The Labute approximate surface area is 242 Å². The zero-order chi connectivity index (χ0) is 28.1. The quantitative estimate of drug-likeness (QED) is 0.227. The van der Waals surface area contributed by atoms with Gasteiger partial charge >= 0.3 is 5.97 Å². The molecule has 0 saturated carbocycles. The molecule has 39 heavy (non-hydrogen) atoms. The van der Waals surface area contributed by atoms with Crippen LogP contribution in [0.3, 0.4) is 0 Å². The molecule has 0 N–H and O–H groups in total. The molecule has 0 fully saturated rings. The molecular formula is C30H34BrNO6S. The average Bonchev–Trinajstić information content (AvgIpc) is 2.93. The number of halogens is 1. The maximum absolute atomic E-state index is 13.9. The lowest BCUT2D eigenvalue weighted by Crippen LogP contribution is -2.38. The lowest BCUT2D eigenvalue weighted by atomic mass is 9.69. The minimum atomic E-state index is -0.722. The summed E-state index contributed by atoms with van der Waals surface area (Å²) in [6, 6.07) is 11.4. The number of aliphatic imine (C=N–C) groups is 1. The first-order chi connectivity index (χ1) is 18.8. The molecule has 0 radical (unpaired) electrons. The number of esters is 1. The van der Waals surface area contributed by atoms with Gasteiger partial charge in [-0.05, 0) is 60.9 Å². The van der Waals surface area contributed by atoms with Crippen LogP contribution in [0.5, 0.6) is 17.2 Å². The number of hydrogen-bond acceptors (Lipinski definition) is 8. The molecule has 7 nitrogen and oxygen atoms in total. The summed E-state index contributed by atoms with van der Waals surface area (Å²) in [5.41, 5.74) is 3.65. The van der Waals surface area contributed by atoms with Gasteiger partial charge in [0.05, 0.1) is 21.3 Å². The van der Waals surface area contributed by atoms with Crippen molar-refractivity contribution < 1.29 is 28.5 Å². The highest BCUT2D eigenvalue weighted by Gasteiger charge is 2.46. The number of rotatable bonds is 10. The van der Waals surface area contributed by atoms with Crippen LogP contribution < -0.4 is 14.2 Å². The third kappa shape index (κ3) is 6.19. The molecule has 3 unspecified atom stereocenters. The summed E-state index contributed by atoms with van der Waals surface area (Å²) < 4.78 is 23.1. The van der Waals surface area contributed by atoms with Gasteiger partial charge in [0.25, 0.3) is 0 Å². The van der Waals surface area contributed by atoms with Crippen LogP contribution in [0.25, 0.3) is 0 Å². The summed E-state index contributed by atoms with van der Waals surface area (Å²) in [6.45, 7) is 4.22. The SMILES string of the molecule is CCSCCOC(=O)C1C(C)=NC2=C(C(=O)CC(c3ccc(OC)c(OC)c3)C2)C1c1cc(Br)ccc1OC. The number of ketones is 1. The Bertz CT molecular complexity index is 1310. The molecule has 0 aromatic heterocycles. The molecule has 1 heterocycles. The summed E-state index contributed by atoms with van der Waals surface area (Å²) >= 11 is 5.27. The Hall–Kier alpha value is -2.78. The Morgan fingerprint density at radius 3 is 2.44 bits per heavy atom. The fraction of sp³-hybridized carbons (Fsp3) is 0.433. The first kappa shape index (κ1) is 29.2. The second-order valence-corrected chi connectivity index (χ2v) is 11.8. The summed E-state index contributed by atoms with van der Waals surface area (Å²) in [5.74, 6) is 1.77. The van der Waals surface area contributed by atoms with Gasteiger partial charge in [0, 0.05) is 45.1 Å². The van der Waals surface area contributed by atoms with E-state index in [9.17, 15) is 9.59 Å². The van der Waals surface area contributed by atoms with Crippen LogP contribution in [-0.2, 0) is 14.3 Å². The highest BCUT2D eigenvalue weighted by Crippen LogP contribution is 2.49. The number of allylic oxidation sites excluding steroid dienone is 2. The van der Waals surface area contributed by atoms with Gasteiger partial charge in [-0.2, -0.15) is 11.8 Å². The zero-order valence-corrected chi connectivity index (χ0v) is 25.3. The predicted molar refractivity (Wildman–Crippen MR) is 158 cm³/mol. The second-order valence-electron chi connectivity index (χ2n) is 9.46. The highest BCUT2D eigenvalue weighted by atomic mass is 79.9. The topological polar surface area (TPSA) is 83.4 Å². The lowest BCUT2D eigenvalue weighted by molar-refractivity contribution is -0.145. The number of methoxy groups -OCH3 is 3. The monoisotopic (exact) mass is 615 g/mol. The molecule has 208 valence electrons. The van der Waals surface area contributed by atoms with Gasteiger partial charge in [0.1, 0.15) is 18.3 Å². The van der Waals surface area contributed by atoms with E-state index >= 15 is 0 Å². The van der Waals surface area contributed by atoms with E-state index in [1.807, 2.05) is 43.3 Å². The lowest BCUT2D eigenvalue weighted by Gasteiger charge is -2.37. The molecule has 1 aliphatic heterocycles. The van der Waals surface area contributed by atoms with Gasteiger partial charge in [-0.3, -0.25) is 14.6 Å². The number of ether oxygens (including phenoxy) is 4. The average molecular weight is 617 g/mol. The summed E-state index contributed by atoms with van der Waals surface area (Å²) in [6.07, 6.45) is 0.861. The van der Waals surface area contributed by atoms with Crippen molar-refractivity contribution in [2.75, 3.05) is 39.4 Å². The number of carbonyl (C=O) groups excluding carboxylic acids is 2. The van der Waals surface area contributed by atoms with E-state index in [1.165, 1.54) is 0 Å². The van der Waals surface area contributed by atoms with Gasteiger partial charge < -0.3 is 18.9 Å². The Balaban J connectivity index is 1.77. The minimum Gasteiger partial charge on any atom is -0.496 e. The third-order valence-corrected chi connectivity index (χ3v) is 8.58. The van der Waals surface area contributed by atoms with Crippen molar-refractivity contribution in [1.29, 1.82) is 0 Å². The van der Waals surface area contributed by atoms with E-state index < -0.39 is 11.8 Å². The van der Waals surface area contributed by atoms with E-state index in [0.29, 0.717) is 53.7 Å². The standard InChI is InChI=1S/C30H34BrNO6S/c1-6-39-12-11-38-30(34)27-17(2)32-22-13-19(18-7-9-25(36-4)26(15-18)37-5)14-23(33)29(22)28(27)21-16-20(31)8-10-24(21)35-3/h7-10,15-16,19,27-28H,6,11-14H2,1-5H3. The summed E-state index contributed by atoms with van der Waals surface area (Å²) in [7, 11) is 4.79. The number of thioether (sulfide) groups is 1. The van der Waals surface area contributed by atoms with Crippen molar-refractivity contribution in [3.8, 4) is 17.2 Å². The summed E-state index contributed by atoms with van der Waals surface area (Å²) in [5, 5.41) is 0. The van der Waals surface area contributed by atoms with Crippen LogP contribution in [0.2, 0.25) is 0 Å². The third-order valence-electron chi connectivity index (χ3n) is 7.22. The van der Waals surface area contributed by atoms with Crippen molar-refractivity contribution in [2.45, 2.75) is 38.5 Å². The largest absolute Gasteiger partial charge is 0.496 e. The molecule has 3 atom stereocenters. The van der Waals surface area contributed by atoms with Gasteiger partial charge in [-0.15, -0.1) is 0 Å². The fourth-order valence-electron chi connectivity index (χ4n) is 5.43. The molecule has 2 aromatic rings. The van der Waals surface area contributed by atoms with E-state index in [1.54, 1.807) is 33.1 Å². The smallest absolute Gasteiger partial charge is 0.315 e. The molecule has 9 heteroatoms. The summed E-state index contributed by atoms with van der Waals surface area (Å²) in [4.78, 5) is 32.3. The van der Waals surface area contributed by atoms with Gasteiger partial charge in [-0.25, -0.2) is 0 Å². The molecule has 4 rings (SSSR count). The van der Waals surface area contributed by atoms with E-state index in [-0.39, 0.29) is 17.7 Å². The second kappa shape index (κ2) is 13.0. The van der Waals surface area contributed by atoms with Gasteiger partial charge in [0.15, 0.2) is 17.3 Å². The first-order valence-corrected chi connectivity index (χ1v) is 14.9. The maximum atomic E-state index is 13.9. The van der Waals surface area contributed by atoms with Crippen LogP contribution in [-0.4, -0.2) is 56.9 Å². The molecule has 1 aliphatic carbocycles. The number of benzene rings is 2. The van der Waals surface area contributed by atoms with Crippen LogP contribution in [0.1, 0.15) is 49.7 Å². The Kier molecular flexibility index (Phi) is 9.77. The van der Waals surface area contributed by atoms with Crippen LogP contribution in [0, 0.1) is 5.92 Å². The van der Waals surface area contributed by atoms with Crippen molar-refractivity contribution in [1.82, 2.24) is 0 Å². The highest BCUT2D eigenvalue weighted by molar-refractivity contribution is 9.10. The zero-order valence-electron chi connectivity index (χ0n) is 22.9. The van der Waals surface area contributed by atoms with Gasteiger partial charge in [0.2, 0.25) is 0 Å². The van der Waals surface area contributed by atoms with E-state index in [2.05, 4.69) is 22.9 Å². The normalized spacial score (nSPS) is 20.7. The Morgan fingerprint density at radius 1 is 1.03 bits per heavy atom. The number of nitrogens with zero attached hydrogens (tertiary/aromatic N) is 1. The van der Waals surface area contributed by atoms with E-state index in [0.717, 1.165) is 27.1 Å². The number of Topliss-reactive ketones (excluding diaryl/α,β-unsaturated/α-hetero) is 1. The molecule has 0 spiro atoms. The molecule has 0 bridgehead atoms. The van der Waals surface area contributed by atoms with Crippen molar-refractivity contribution in [2.24, 2.45) is 10.9 Å². The van der Waals surface area contributed by atoms with E-state index in [4.69, 9.17) is 23.9 Å². The fourth-order valence-corrected chi connectivity index (χ4v) is 6.30.